The number of nitrogens with one attached hydrogen (secondary N) is 3. The van der Waals surface area contributed by atoms with E-state index in [4.69, 9.17) is 11.6 Å². The molecule has 7 nitrogen and oxygen atoms in total. The Morgan fingerprint density at radius 1 is 1.20 bits per heavy atom. The van der Waals surface area contributed by atoms with E-state index in [2.05, 4.69) is 20.9 Å². The molecule has 9 heteroatoms. The van der Waals surface area contributed by atoms with E-state index in [0.717, 1.165) is 32.7 Å². The normalized spacial score (nSPS) is 17.8. The highest BCUT2D eigenvalue weighted by Gasteiger charge is 2.24. The van der Waals surface area contributed by atoms with E-state index in [1.807, 2.05) is 0 Å². The lowest BCUT2D eigenvalue weighted by Crippen LogP contribution is -2.46. The number of benzene rings is 1. The Bertz CT molecular complexity index is 623. The minimum absolute atomic E-state index is 0. The Labute approximate surface area is 158 Å². The van der Waals surface area contributed by atoms with E-state index >= 15 is 0 Å². The number of urea groups is 1. The molecule has 3 amide bonds. The number of carbonyl (C=O) groups excluding carboxylic acids is 2. The highest BCUT2D eigenvalue weighted by Crippen LogP contribution is 2.28. The van der Waals surface area contributed by atoms with Crippen LogP contribution in [-0.4, -0.2) is 69.2 Å². The molecule has 138 valence electrons. The van der Waals surface area contributed by atoms with Crippen molar-refractivity contribution in [2.24, 2.45) is 0 Å². The Balaban J connectivity index is 0.00000225. The van der Waals surface area contributed by atoms with E-state index < -0.39 is 0 Å². The fourth-order valence-corrected chi connectivity index (χ4v) is 3.15. The van der Waals surface area contributed by atoms with E-state index in [-0.39, 0.29) is 24.3 Å². The molecule has 0 aromatic heterocycles. The van der Waals surface area contributed by atoms with Crippen LogP contribution in [0.3, 0.4) is 0 Å². The van der Waals surface area contributed by atoms with Crippen LogP contribution in [0.4, 0.5) is 10.5 Å². The largest absolute Gasteiger partial charge is 0.351 e. The number of hydrogen-bond acceptors (Lipinski definition) is 4. The lowest BCUT2D eigenvalue weighted by atomic mass is 10.1. The number of amides is 3. The zero-order valence-electron chi connectivity index (χ0n) is 13.9. The Hall–Kier alpha value is -1.54. The van der Waals surface area contributed by atoms with Crippen LogP contribution >= 0.6 is 24.0 Å². The van der Waals surface area contributed by atoms with Gasteiger partial charge >= 0.3 is 6.03 Å². The summed E-state index contributed by atoms with van der Waals surface area (Å²) in [6.07, 6.45) is 0. The third-order valence-electron chi connectivity index (χ3n) is 4.28. The summed E-state index contributed by atoms with van der Waals surface area (Å²) in [6, 6.07) is 4.83. The van der Waals surface area contributed by atoms with Gasteiger partial charge in [-0.15, -0.1) is 12.4 Å². The second-order valence-electron chi connectivity index (χ2n) is 5.90. The fraction of sp³-hybridized carbons (Fsp3) is 0.500. The monoisotopic (exact) mass is 387 g/mol. The van der Waals surface area contributed by atoms with E-state index in [9.17, 15) is 9.59 Å². The Kier molecular flexibility index (Phi) is 7.31. The lowest BCUT2D eigenvalue weighted by Gasteiger charge is -2.27. The van der Waals surface area contributed by atoms with Crippen LogP contribution in [0.25, 0.3) is 0 Å². The van der Waals surface area contributed by atoms with Crippen LogP contribution < -0.4 is 20.9 Å². The maximum absolute atomic E-state index is 12.3. The summed E-state index contributed by atoms with van der Waals surface area (Å²) in [5.74, 6) is -0.150. The van der Waals surface area contributed by atoms with E-state index in [1.165, 1.54) is 0 Å². The number of anilines is 1. The maximum Gasteiger partial charge on any atom is 0.322 e. The van der Waals surface area contributed by atoms with Crippen molar-refractivity contribution in [1.29, 1.82) is 0 Å². The predicted molar refractivity (Wildman–Crippen MR) is 101 cm³/mol. The molecule has 0 bridgehead atoms. The highest BCUT2D eigenvalue weighted by atomic mass is 35.5. The van der Waals surface area contributed by atoms with Crippen molar-refractivity contribution >= 4 is 41.6 Å². The molecule has 2 aliphatic heterocycles. The van der Waals surface area contributed by atoms with Crippen molar-refractivity contribution in [2.75, 3.05) is 57.3 Å². The summed E-state index contributed by atoms with van der Waals surface area (Å²) in [6.45, 7) is 6.56. The minimum Gasteiger partial charge on any atom is -0.351 e. The van der Waals surface area contributed by atoms with Gasteiger partial charge in [-0.2, -0.15) is 0 Å². The predicted octanol–water partition coefficient (Wildman–Crippen LogP) is 0.926. The third-order valence-corrected chi connectivity index (χ3v) is 4.60. The molecule has 0 atom stereocenters. The van der Waals surface area contributed by atoms with Crippen LogP contribution in [0.2, 0.25) is 5.02 Å². The smallest absolute Gasteiger partial charge is 0.322 e. The van der Waals surface area contributed by atoms with Crippen molar-refractivity contribution in [3.05, 3.63) is 28.8 Å². The number of nitrogens with zero attached hydrogens (tertiary/aromatic N) is 2. The summed E-state index contributed by atoms with van der Waals surface area (Å²) in [7, 11) is 0. The van der Waals surface area contributed by atoms with E-state index in [1.54, 1.807) is 23.1 Å². The summed E-state index contributed by atoms with van der Waals surface area (Å²) < 4.78 is 0. The molecule has 2 aliphatic rings. The van der Waals surface area contributed by atoms with Gasteiger partial charge in [-0.1, -0.05) is 11.6 Å². The molecule has 2 heterocycles. The molecule has 0 spiro atoms. The zero-order chi connectivity index (χ0) is 16.9. The van der Waals surface area contributed by atoms with Crippen molar-refractivity contribution in [1.82, 2.24) is 20.9 Å². The first kappa shape index (κ1) is 19.8. The number of piperazine rings is 1. The number of hydrogen-bond donors (Lipinski definition) is 3. The Morgan fingerprint density at radius 3 is 2.64 bits per heavy atom. The van der Waals surface area contributed by atoms with Crippen LogP contribution in [0.5, 0.6) is 0 Å². The summed E-state index contributed by atoms with van der Waals surface area (Å²) in [5.41, 5.74) is 1.08. The van der Waals surface area contributed by atoms with Gasteiger partial charge in [0.25, 0.3) is 5.91 Å². The number of rotatable bonds is 5. The van der Waals surface area contributed by atoms with Gasteiger partial charge in [0.15, 0.2) is 0 Å². The number of halogens is 2. The first-order chi connectivity index (χ1) is 11.6. The molecule has 0 aliphatic carbocycles. The summed E-state index contributed by atoms with van der Waals surface area (Å²) >= 11 is 6.19. The summed E-state index contributed by atoms with van der Waals surface area (Å²) in [4.78, 5) is 28.0. The molecule has 1 aromatic carbocycles. The van der Waals surface area contributed by atoms with Crippen LogP contribution in [0.1, 0.15) is 10.4 Å². The SMILES string of the molecule is Cl.O=C(NCCN1CCNCC1)c1ccc(Cl)c(N2CCNC2=O)c1. The minimum atomic E-state index is -0.187. The molecular weight excluding hydrogens is 365 g/mol. The molecule has 3 N–H and O–H groups in total. The molecule has 0 saturated carbocycles. The van der Waals surface area contributed by atoms with Gasteiger partial charge in [0.1, 0.15) is 0 Å². The average molecular weight is 388 g/mol. The van der Waals surface area contributed by atoms with Crippen molar-refractivity contribution in [2.45, 2.75) is 0 Å². The van der Waals surface area contributed by atoms with Crippen LogP contribution in [0, 0.1) is 0 Å². The van der Waals surface area contributed by atoms with Gasteiger partial charge in [-0.25, -0.2) is 4.79 Å². The van der Waals surface area contributed by atoms with Gasteiger partial charge in [-0.05, 0) is 18.2 Å². The molecule has 1 aromatic rings. The van der Waals surface area contributed by atoms with Crippen molar-refractivity contribution in [3.63, 3.8) is 0 Å². The topological polar surface area (TPSA) is 76.7 Å². The summed E-state index contributed by atoms with van der Waals surface area (Å²) in [5, 5.41) is 9.43. The van der Waals surface area contributed by atoms with Crippen LogP contribution in [-0.2, 0) is 0 Å². The third kappa shape index (κ3) is 4.98. The van der Waals surface area contributed by atoms with Crippen molar-refractivity contribution < 1.29 is 9.59 Å². The first-order valence-electron chi connectivity index (χ1n) is 8.21. The lowest BCUT2D eigenvalue weighted by molar-refractivity contribution is 0.0947. The van der Waals surface area contributed by atoms with E-state index in [0.29, 0.717) is 35.9 Å². The maximum atomic E-state index is 12.3. The molecule has 25 heavy (non-hydrogen) atoms. The molecule has 2 fully saturated rings. The van der Waals surface area contributed by atoms with Gasteiger partial charge in [0.05, 0.1) is 10.7 Å². The Morgan fingerprint density at radius 2 is 1.96 bits per heavy atom. The average Bonchev–Trinajstić information content (AvgIpc) is 3.02. The molecule has 0 unspecified atom stereocenters. The standard InChI is InChI=1S/C16H22ClN5O2.ClH/c17-13-2-1-12(11-14(13)22-10-6-20-16(22)24)15(23)19-5-9-21-7-3-18-4-8-21;/h1-2,11,18H,3-10H2,(H,19,23)(H,20,24);1H. The second kappa shape index (κ2) is 9.24. The van der Waals surface area contributed by atoms with Gasteiger partial charge in [0.2, 0.25) is 0 Å². The molecule has 3 rings (SSSR count). The molecule has 0 radical (unpaired) electrons. The molecule has 2 saturated heterocycles. The fourth-order valence-electron chi connectivity index (χ4n) is 2.93. The number of carbonyl (C=O) groups is 2. The van der Waals surface area contributed by atoms with Crippen molar-refractivity contribution in [3.8, 4) is 0 Å². The molecular formula is C16H23Cl2N5O2. The second-order valence-corrected chi connectivity index (χ2v) is 6.30. The first-order valence-corrected chi connectivity index (χ1v) is 8.59. The van der Waals surface area contributed by atoms with Gasteiger partial charge < -0.3 is 16.0 Å². The highest BCUT2D eigenvalue weighted by molar-refractivity contribution is 6.34. The van der Waals surface area contributed by atoms with Gasteiger partial charge in [0, 0.05) is 57.9 Å². The van der Waals surface area contributed by atoms with Gasteiger partial charge in [-0.3, -0.25) is 14.6 Å². The zero-order valence-corrected chi connectivity index (χ0v) is 15.5. The van der Waals surface area contributed by atoms with Crippen LogP contribution in [0.15, 0.2) is 18.2 Å². The quantitative estimate of drug-likeness (QED) is 0.702.